The van der Waals surface area contributed by atoms with Gasteiger partial charge in [0.2, 0.25) is 5.91 Å². The van der Waals surface area contributed by atoms with E-state index in [1.807, 2.05) is 39.0 Å². The monoisotopic (exact) mass is 327 g/mol. The predicted molar refractivity (Wildman–Crippen MR) is 94.1 cm³/mol. The minimum atomic E-state index is 0.0478. The number of hydrogen-bond donors (Lipinski definition) is 2. The van der Waals surface area contributed by atoms with Crippen molar-refractivity contribution in [2.24, 2.45) is 0 Å². The number of nitrogens with one attached hydrogen (secondary N) is 2. The predicted octanol–water partition coefficient (Wildman–Crippen LogP) is 2.06. The third kappa shape index (κ3) is 3.58. The molecule has 0 aliphatic carbocycles. The van der Waals surface area contributed by atoms with Crippen LogP contribution in [0.5, 0.6) is 0 Å². The summed E-state index contributed by atoms with van der Waals surface area (Å²) in [6.07, 6.45) is 2.60. The van der Waals surface area contributed by atoms with Gasteiger partial charge in [0.15, 0.2) is 0 Å². The molecule has 1 unspecified atom stereocenters. The zero-order chi connectivity index (χ0) is 17.1. The zero-order valence-electron chi connectivity index (χ0n) is 14.6. The van der Waals surface area contributed by atoms with Crippen LogP contribution in [-0.2, 0) is 11.2 Å². The number of carbonyl (C=O) groups is 1. The lowest BCUT2D eigenvalue weighted by Gasteiger charge is -2.26. The molecule has 6 nitrogen and oxygen atoms in total. The van der Waals surface area contributed by atoms with Gasteiger partial charge in [-0.25, -0.2) is 4.98 Å². The van der Waals surface area contributed by atoms with Crippen LogP contribution in [0.15, 0.2) is 18.2 Å². The van der Waals surface area contributed by atoms with Crippen LogP contribution in [0.25, 0.3) is 0 Å². The van der Waals surface area contributed by atoms with Crippen molar-refractivity contribution in [3.63, 3.8) is 0 Å². The molecule has 0 radical (unpaired) electrons. The number of hydrogen-bond acceptors (Lipinski definition) is 4. The van der Waals surface area contributed by atoms with E-state index in [1.54, 1.807) is 0 Å². The average Bonchev–Trinajstić information content (AvgIpc) is 3.15. The fourth-order valence-corrected chi connectivity index (χ4v) is 3.33. The van der Waals surface area contributed by atoms with Crippen molar-refractivity contribution in [3.05, 3.63) is 40.8 Å². The Balaban J connectivity index is 1.58. The van der Waals surface area contributed by atoms with Crippen LogP contribution in [0.4, 0.5) is 5.82 Å². The first kappa shape index (κ1) is 16.5. The van der Waals surface area contributed by atoms with Gasteiger partial charge in [0.05, 0.1) is 12.1 Å². The number of pyridine rings is 1. The van der Waals surface area contributed by atoms with Crippen LogP contribution in [0.1, 0.15) is 35.5 Å². The Morgan fingerprint density at radius 2 is 2.21 bits per heavy atom. The molecule has 1 aliphatic heterocycles. The Kier molecular flexibility index (Phi) is 4.83. The maximum atomic E-state index is 12.3. The van der Waals surface area contributed by atoms with E-state index in [1.165, 1.54) is 0 Å². The molecule has 3 rings (SSSR count). The Labute approximate surface area is 142 Å². The van der Waals surface area contributed by atoms with Gasteiger partial charge in [-0.3, -0.25) is 9.89 Å². The van der Waals surface area contributed by atoms with Gasteiger partial charge in [0.1, 0.15) is 5.82 Å². The smallest absolute Gasteiger partial charge is 0.224 e. The van der Waals surface area contributed by atoms with E-state index in [0.717, 1.165) is 47.8 Å². The first-order valence-electron chi connectivity index (χ1n) is 8.52. The molecule has 0 saturated carbocycles. The number of carbonyl (C=O) groups excluding carboxylic acids is 1. The SMILES string of the molecule is Cc1cccc(N2CCCC2CNC(=O)Cc2c(C)n[nH]c2C)n1. The van der Waals surface area contributed by atoms with Gasteiger partial charge in [-0.05, 0) is 45.7 Å². The average molecular weight is 327 g/mol. The van der Waals surface area contributed by atoms with Crippen molar-refractivity contribution >= 4 is 11.7 Å². The van der Waals surface area contributed by atoms with Crippen molar-refractivity contribution in [2.45, 2.75) is 46.1 Å². The largest absolute Gasteiger partial charge is 0.354 e. The summed E-state index contributed by atoms with van der Waals surface area (Å²) in [5.74, 6) is 1.06. The van der Waals surface area contributed by atoms with E-state index in [2.05, 4.69) is 25.4 Å². The third-order valence-corrected chi connectivity index (χ3v) is 4.70. The van der Waals surface area contributed by atoms with Crippen molar-refractivity contribution in [3.8, 4) is 0 Å². The molecule has 2 N–H and O–H groups in total. The number of aromatic amines is 1. The molecule has 24 heavy (non-hydrogen) atoms. The maximum Gasteiger partial charge on any atom is 0.224 e. The molecular formula is C18H25N5O. The molecule has 1 saturated heterocycles. The molecule has 2 aromatic rings. The van der Waals surface area contributed by atoms with Crippen LogP contribution in [0.3, 0.4) is 0 Å². The number of nitrogens with zero attached hydrogens (tertiary/aromatic N) is 3. The molecule has 128 valence electrons. The van der Waals surface area contributed by atoms with Gasteiger partial charge in [0.25, 0.3) is 0 Å². The molecule has 1 fully saturated rings. The molecule has 1 aliphatic rings. The number of amides is 1. The molecule has 3 heterocycles. The summed E-state index contributed by atoms with van der Waals surface area (Å²) in [6.45, 7) is 7.53. The summed E-state index contributed by atoms with van der Waals surface area (Å²) in [4.78, 5) is 19.2. The molecule has 1 amide bonds. The van der Waals surface area contributed by atoms with Gasteiger partial charge < -0.3 is 10.2 Å². The van der Waals surface area contributed by atoms with Crippen molar-refractivity contribution in [1.82, 2.24) is 20.5 Å². The highest BCUT2D eigenvalue weighted by atomic mass is 16.1. The second kappa shape index (κ2) is 7.03. The lowest BCUT2D eigenvalue weighted by Crippen LogP contribution is -2.41. The molecule has 0 aromatic carbocycles. The summed E-state index contributed by atoms with van der Waals surface area (Å²) in [5.41, 5.74) is 3.88. The molecular weight excluding hydrogens is 302 g/mol. The van der Waals surface area contributed by atoms with Crippen LogP contribution < -0.4 is 10.2 Å². The number of aryl methyl sites for hydroxylation is 3. The fraction of sp³-hybridized carbons (Fsp3) is 0.500. The molecule has 6 heteroatoms. The number of anilines is 1. The molecule has 1 atom stereocenters. The summed E-state index contributed by atoms with van der Waals surface area (Å²) in [5, 5.41) is 10.2. The van der Waals surface area contributed by atoms with E-state index in [-0.39, 0.29) is 5.91 Å². The Bertz CT molecular complexity index is 704. The van der Waals surface area contributed by atoms with Gasteiger partial charge in [-0.15, -0.1) is 0 Å². The zero-order valence-corrected chi connectivity index (χ0v) is 14.6. The minimum Gasteiger partial charge on any atom is -0.354 e. The molecule has 2 aromatic heterocycles. The topological polar surface area (TPSA) is 73.9 Å². The van der Waals surface area contributed by atoms with Gasteiger partial charge in [-0.1, -0.05) is 6.07 Å². The quantitative estimate of drug-likeness (QED) is 0.881. The lowest BCUT2D eigenvalue weighted by molar-refractivity contribution is -0.120. The lowest BCUT2D eigenvalue weighted by atomic mass is 10.1. The van der Waals surface area contributed by atoms with E-state index < -0.39 is 0 Å². The Morgan fingerprint density at radius 1 is 1.38 bits per heavy atom. The summed E-state index contributed by atoms with van der Waals surface area (Å²) in [7, 11) is 0. The Morgan fingerprint density at radius 3 is 2.92 bits per heavy atom. The molecule has 0 spiro atoms. The standard InChI is InChI=1S/C18H25N5O/c1-12-6-4-8-17(20-12)23-9-5-7-15(23)11-19-18(24)10-16-13(2)21-22-14(16)3/h4,6,8,15H,5,7,9-11H2,1-3H3,(H,19,24)(H,21,22). The first-order chi connectivity index (χ1) is 11.5. The van der Waals surface area contributed by atoms with Crippen LogP contribution >= 0.6 is 0 Å². The summed E-state index contributed by atoms with van der Waals surface area (Å²) < 4.78 is 0. The highest BCUT2D eigenvalue weighted by Gasteiger charge is 2.26. The highest BCUT2D eigenvalue weighted by Crippen LogP contribution is 2.23. The summed E-state index contributed by atoms with van der Waals surface area (Å²) in [6, 6.07) is 6.41. The Hall–Kier alpha value is -2.37. The van der Waals surface area contributed by atoms with E-state index in [0.29, 0.717) is 19.0 Å². The van der Waals surface area contributed by atoms with E-state index >= 15 is 0 Å². The third-order valence-electron chi connectivity index (χ3n) is 4.70. The highest BCUT2D eigenvalue weighted by molar-refractivity contribution is 5.79. The summed E-state index contributed by atoms with van der Waals surface area (Å²) >= 11 is 0. The molecule has 0 bridgehead atoms. The van der Waals surface area contributed by atoms with Crippen LogP contribution in [-0.4, -0.2) is 40.2 Å². The normalized spacial score (nSPS) is 17.3. The van der Waals surface area contributed by atoms with Crippen molar-refractivity contribution < 1.29 is 4.79 Å². The first-order valence-corrected chi connectivity index (χ1v) is 8.52. The van der Waals surface area contributed by atoms with Gasteiger partial charge in [-0.2, -0.15) is 5.10 Å². The minimum absolute atomic E-state index is 0.0478. The van der Waals surface area contributed by atoms with Crippen molar-refractivity contribution in [2.75, 3.05) is 18.0 Å². The number of aromatic nitrogens is 3. The van der Waals surface area contributed by atoms with Crippen LogP contribution in [0.2, 0.25) is 0 Å². The number of H-pyrrole nitrogens is 1. The van der Waals surface area contributed by atoms with Gasteiger partial charge in [0, 0.05) is 36.1 Å². The van der Waals surface area contributed by atoms with Gasteiger partial charge >= 0.3 is 0 Å². The second-order valence-corrected chi connectivity index (χ2v) is 6.52. The fourth-order valence-electron chi connectivity index (χ4n) is 3.33. The maximum absolute atomic E-state index is 12.3. The van der Waals surface area contributed by atoms with E-state index in [4.69, 9.17) is 0 Å². The van der Waals surface area contributed by atoms with Crippen LogP contribution in [0, 0.1) is 20.8 Å². The van der Waals surface area contributed by atoms with Crippen molar-refractivity contribution in [1.29, 1.82) is 0 Å². The number of rotatable bonds is 5. The second-order valence-electron chi connectivity index (χ2n) is 6.52. The van der Waals surface area contributed by atoms with E-state index in [9.17, 15) is 4.79 Å².